The number of anilines is 1. The second-order valence-electron chi connectivity index (χ2n) is 6.92. The van der Waals surface area contributed by atoms with Gasteiger partial charge in [-0.25, -0.2) is 13.4 Å². The van der Waals surface area contributed by atoms with Gasteiger partial charge in [-0.1, -0.05) is 42.5 Å². The predicted octanol–water partition coefficient (Wildman–Crippen LogP) is 4.38. The number of fused-ring (bicyclic) bond motifs is 1. The molecule has 0 unspecified atom stereocenters. The van der Waals surface area contributed by atoms with Gasteiger partial charge in [0.1, 0.15) is 12.5 Å². The minimum absolute atomic E-state index is 0.155. The second kappa shape index (κ2) is 7.64. The van der Waals surface area contributed by atoms with Crippen LogP contribution in [-0.4, -0.2) is 30.1 Å². The van der Waals surface area contributed by atoms with E-state index in [-0.39, 0.29) is 18.2 Å². The molecule has 9 heteroatoms. The van der Waals surface area contributed by atoms with Crippen LogP contribution in [0.2, 0.25) is 0 Å². The number of nitrogens with zero attached hydrogens (tertiary/aromatic N) is 3. The predicted molar refractivity (Wildman–Crippen MR) is 109 cm³/mol. The summed E-state index contributed by atoms with van der Waals surface area (Å²) in [5.74, 6) is -0.480. The van der Waals surface area contributed by atoms with Crippen molar-refractivity contribution in [3.05, 3.63) is 84.3 Å². The van der Waals surface area contributed by atoms with E-state index in [0.717, 1.165) is 26.7 Å². The van der Waals surface area contributed by atoms with E-state index in [1.165, 1.54) is 29.6 Å². The lowest BCUT2D eigenvalue weighted by Gasteiger charge is -2.23. The number of pyridine rings is 1. The lowest BCUT2D eigenvalue weighted by atomic mass is 10.1. The highest BCUT2D eigenvalue weighted by molar-refractivity contribution is 7.89. The lowest BCUT2D eigenvalue weighted by Crippen LogP contribution is -2.33. The molecule has 156 valence electrons. The van der Waals surface area contributed by atoms with Crippen molar-refractivity contribution in [1.82, 2.24) is 9.29 Å². The highest BCUT2D eigenvalue weighted by Gasteiger charge is 2.37. The highest BCUT2D eigenvalue weighted by Crippen LogP contribution is 2.36. The van der Waals surface area contributed by atoms with Gasteiger partial charge in [0.2, 0.25) is 10.0 Å². The Morgan fingerprint density at radius 2 is 1.73 bits per heavy atom. The Bertz CT molecular complexity index is 1210. The maximum absolute atomic E-state index is 13.2. The maximum atomic E-state index is 13.2. The van der Waals surface area contributed by atoms with E-state index in [1.54, 1.807) is 0 Å². The molecule has 1 aliphatic heterocycles. The van der Waals surface area contributed by atoms with Crippen LogP contribution in [-0.2, 0) is 22.6 Å². The largest absolute Gasteiger partial charge is 0.419 e. The number of benzene rings is 2. The molecule has 3 aromatic rings. The van der Waals surface area contributed by atoms with E-state index >= 15 is 0 Å². The molecule has 0 bridgehead atoms. The van der Waals surface area contributed by atoms with E-state index in [1.807, 2.05) is 42.5 Å². The Kier molecular flexibility index (Phi) is 5.15. The third-order valence-electron chi connectivity index (χ3n) is 4.89. The fourth-order valence-electron chi connectivity index (χ4n) is 3.32. The van der Waals surface area contributed by atoms with Crippen LogP contribution >= 0.6 is 0 Å². The summed E-state index contributed by atoms with van der Waals surface area (Å²) in [7, 11) is -3.70. The van der Waals surface area contributed by atoms with Crippen LogP contribution in [0.3, 0.4) is 0 Å². The third-order valence-corrected chi connectivity index (χ3v) is 6.56. The standard InChI is InChI=1S/C21H18F3N3O2S/c22-21(23,24)19-6-3-10-25-20(19)26-11-12-27(15-26)30(28,29)13-9-16-7-8-17-4-1-2-5-18(17)14-16/h1-8,10-12,14H,9,13,15H2. The molecule has 0 amide bonds. The van der Waals surface area contributed by atoms with Crippen LogP contribution in [0, 0.1) is 0 Å². The molecule has 0 aliphatic carbocycles. The van der Waals surface area contributed by atoms with Gasteiger partial charge in [0, 0.05) is 18.6 Å². The van der Waals surface area contributed by atoms with Crippen LogP contribution in [0.25, 0.3) is 10.8 Å². The summed E-state index contributed by atoms with van der Waals surface area (Å²) >= 11 is 0. The fraction of sp³-hybridized carbons (Fsp3) is 0.190. The number of alkyl halides is 3. The topological polar surface area (TPSA) is 53.5 Å². The summed E-state index contributed by atoms with van der Waals surface area (Å²) in [5.41, 5.74) is -0.0357. The number of halogens is 3. The molecule has 1 aliphatic rings. The first-order valence-corrected chi connectivity index (χ1v) is 10.8. The molecular weight excluding hydrogens is 415 g/mol. The molecule has 2 aromatic carbocycles. The number of hydrogen-bond acceptors (Lipinski definition) is 4. The molecule has 1 aromatic heterocycles. The van der Waals surface area contributed by atoms with E-state index in [4.69, 9.17) is 0 Å². The van der Waals surface area contributed by atoms with Crippen LogP contribution in [0.5, 0.6) is 0 Å². The molecular formula is C21H18F3N3O2S. The molecule has 30 heavy (non-hydrogen) atoms. The smallest absolute Gasteiger partial charge is 0.312 e. The first-order chi connectivity index (χ1) is 14.2. The van der Waals surface area contributed by atoms with Gasteiger partial charge in [0.05, 0.1) is 11.3 Å². The van der Waals surface area contributed by atoms with Gasteiger partial charge >= 0.3 is 6.18 Å². The minimum atomic E-state index is -4.58. The number of aryl methyl sites for hydroxylation is 1. The van der Waals surface area contributed by atoms with Crippen molar-refractivity contribution in [2.45, 2.75) is 12.6 Å². The third kappa shape index (κ3) is 4.11. The summed E-state index contributed by atoms with van der Waals surface area (Å²) in [6, 6.07) is 15.7. The molecule has 0 spiro atoms. The quantitative estimate of drug-likeness (QED) is 0.599. The van der Waals surface area contributed by atoms with Crippen LogP contribution in [0.15, 0.2) is 73.2 Å². The molecule has 2 heterocycles. The summed E-state index contributed by atoms with van der Waals surface area (Å²) < 4.78 is 66.2. The van der Waals surface area contributed by atoms with Crippen molar-refractivity contribution < 1.29 is 21.6 Å². The highest BCUT2D eigenvalue weighted by atomic mass is 32.2. The summed E-state index contributed by atoms with van der Waals surface area (Å²) in [6.45, 7) is -0.250. The molecule has 5 nitrogen and oxygen atoms in total. The molecule has 0 saturated carbocycles. The maximum Gasteiger partial charge on any atom is 0.419 e. The Hall–Kier alpha value is -3.07. The monoisotopic (exact) mass is 433 g/mol. The van der Waals surface area contributed by atoms with Gasteiger partial charge in [0.15, 0.2) is 0 Å². The Morgan fingerprint density at radius 1 is 0.967 bits per heavy atom. The molecule has 4 rings (SSSR count). The van der Waals surface area contributed by atoms with Gasteiger partial charge in [-0.2, -0.15) is 13.2 Å². The second-order valence-corrected chi connectivity index (χ2v) is 8.96. The van der Waals surface area contributed by atoms with E-state index in [0.29, 0.717) is 6.42 Å². The van der Waals surface area contributed by atoms with Crippen molar-refractivity contribution >= 4 is 26.6 Å². The number of hydrogen-bond donors (Lipinski definition) is 0. The minimum Gasteiger partial charge on any atom is -0.312 e. The zero-order valence-electron chi connectivity index (χ0n) is 15.7. The van der Waals surface area contributed by atoms with Crippen molar-refractivity contribution in [3.8, 4) is 0 Å². The first-order valence-electron chi connectivity index (χ1n) is 9.18. The van der Waals surface area contributed by atoms with E-state index in [2.05, 4.69) is 4.98 Å². The lowest BCUT2D eigenvalue weighted by molar-refractivity contribution is -0.137. The molecule has 0 atom stereocenters. The van der Waals surface area contributed by atoms with Crippen molar-refractivity contribution in [2.24, 2.45) is 0 Å². The molecule has 0 fully saturated rings. The van der Waals surface area contributed by atoms with Gasteiger partial charge in [-0.15, -0.1) is 0 Å². The van der Waals surface area contributed by atoms with Crippen LogP contribution in [0.4, 0.5) is 19.0 Å². The number of sulfonamides is 1. The van der Waals surface area contributed by atoms with Gasteiger partial charge in [0.25, 0.3) is 0 Å². The summed E-state index contributed by atoms with van der Waals surface area (Å²) in [5, 5.41) is 2.09. The molecule has 0 N–H and O–H groups in total. The van der Waals surface area contributed by atoms with Crippen LogP contribution in [0.1, 0.15) is 11.1 Å². The Balaban J connectivity index is 1.46. The van der Waals surface area contributed by atoms with Crippen molar-refractivity contribution in [3.63, 3.8) is 0 Å². The zero-order valence-corrected chi connectivity index (χ0v) is 16.6. The average molecular weight is 433 g/mol. The molecule has 0 saturated heterocycles. The van der Waals surface area contributed by atoms with Crippen molar-refractivity contribution in [1.29, 1.82) is 0 Å². The molecule has 0 radical (unpaired) electrons. The SMILES string of the molecule is O=S(=O)(CCc1ccc2ccccc2c1)N1C=CN(c2ncccc2C(F)(F)F)C1. The van der Waals surface area contributed by atoms with Crippen LogP contribution < -0.4 is 4.90 Å². The van der Waals surface area contributed by atoms with E-state index in [9.17, 15) is 21.6 Å². The van der Waals surface area contributed by atoms with E-state index < -0.39 is 21.8 Å². The van der Waals surface area contributed by atoms with Gasteiger partial charge in [-0.05, 0) is 34.9 Å². The number of aromatic nitrogens is 1. The fourth-order valence-corrected chi connectivity index (χ4v) is 4.59. The zero-order chi connectivity index (χ0) is 21.4. The van der Waals surface area contributed by atoms with Gasteiger partial charge in [-0.3, -0.25) is 4.31 Å². The average Bonchev–Trinajstić information content (AvgIpc) is 3.23. The van der Waals surface area contributed by atoms with Crippen molar-refractivity contribution in [2.75, 3.05) is 17.3 Å². The summed E-state index contributed by atoms with van der Waals surface area (Å²) in [6.07, 6.45) is -0.473. The first kappa shape index (κ1) is 20.2. The number of rotatable bonds is 5. The Morgan fingerprint density at radius 3 is 2.50 bits per heavy atom. The Labute approximate surface area is 172 Å². The normalized spacial score (nSPS) is 14.6. The van der Waals surface area contributed by atoms with Gasteiger partial charge < -0.3 is 4.90 Å². The summed E-state index contributed by atoms with van der Waals surface area (Å²) in [4.78, 5) is 4.98.